The highest BCUT2D eigenvalue weighted by atomic mass is 35.5. The smallest absolute Gasteiger partial charge is 0.143 e. The first-order valence-corrected chi connectivity index (χ1v) is 6.78. The summed E-state index contributed by atoms with van der Waals surface area (Å²) < 4.78 is 13.4. The Balaban J connectivity index is 2.19. The lowest BCUT2D eigenvalue weighted by molar-refractivity contribution is 0.629. The van der Waals surface area contributed by atoms with Crippen molar-refractivity contribution in [2.24, 2.45) is 0 Å². The highest BCUT2D eigenvalue weighted by Crippen LogP contribution is 2.22. The van der Waals surface area contributed by atoms with Crippen molar-refractivity contribution >= 4 is 28.9 Å². The molecule has 6 heteroatoms. The van der Waals surface area contributed by atoms with Gasteiger partial charge in [-0.3, -0.25) is 0 Å². The number of anilines is 3. The lowest BCUT2D eigenvalue weighted by atomic mass is 10.3. The average molecular weight is 295 g/mol. The van der Waals surface area contributed by atoms with Crippen molar-refractivity contribution in [1.82, 2.24) is 9.97 Å². The van der Waals surface area contributed by atoms with Gasteiger partial charge in [0.05, 0.1) is 5.02 Å². The van der Waals surface area contributed by atoms with E-state index in [1.54, 1.807) is 12.1 Å². The first-order valence-electron chi connectivity index (χ1n) is 6.40. The van der Waals surface area contributed by atoms with E-state index < -0.39 is 5.82 Å². The van der Waals surface area contributed by atoms with Crippen LogP contribution in [0, 0.1) is 12.7 Å². The van der Waals surface area contributed by atoms with E-state index in [1.807, 2.05) is 6.92 Å². The number of aryl methyl sites for hydroxylation is 1. The van der Waals surface area contributed by atoms with Gasteiger partial charge in [0.2, 0.25) is 0 Å². The summed E-state index contributed by atoms with van der Waals surface area (Å²) in [4.78, 5) is 8.56. The number of hydrogen-bond acceptors (Lipinski definition) is 4. The topological polar surface area (TPSA) is 49.8 Å². The fraction of sp³-hybridized carbons (Fsp3) is 0.286. The van der Waals surface area contributed by atoms with Gasteiger partial charge in [0.25, 0.3) is 0 Å². The number of nitrogens with one attached hydrogen (secondary N) is 2. The van der Waals surface area contributed by atoms with Gasteiger partial charge in [0, 0.05) is 18.3 Å². The monoisotopic (exact) mass is 294 g/mol. The van der Waals surface area contributed by atoms with Crippen molar-refractivity contribution < 1.29 is 4.39 Å². The summed E-state index contributed by atoms with van der Waals surface area (Å²) in [7, 11) is 0. The predicted octanol–water partition coefficient (Wildman–Crippen LogP) is 4.14. The number of benzene rings is 1. The molecule has 0 bridgehead atoms. The van der Waals surface area contributed by atoms with Crippen molar-refractivity contribution in [1.29, 1.82) is 0 Å². The summed E-state index contributed by atoms with van der Waals surface area (Å²) in [6, 6.07) is 6.32. The SMILES string of the molecule is CCCNc1cc(Nc2ccc(Cl)c(F)c2)nc(C)n1. The maximum atomic E-state index is 13.4. The Kier molecular flexibility index (Phi) is 4.74. The van der Waals surface area contributed by atoms with Crippen LogP contribution in [0.5, 0.6) is 0 Å². The molecule has 20 heavy (non-hydrogen) atoms. The minimum Gasteiger partial charge on any atom is -0.370 e. The van der Waals surface area contributed by atoms with Crippen LogP contribution in [0.2, 0.25) is 5.02 Å². The summed E-state index contributed by atoms with van der Waals surface area (Å²) in [5.74, 6) is 1.53. The molecule has 0 aliphatic heterocycles. The van der Waals surface area contributed by atoms with Crippen molar-refractivity contribution in [3.8, 4) is 0 Å². The van der Waals surface area contributed by atoms with Crippen LogP contribution >= 0.6 is 11.6 Å². The van der Waals surface area contributed by atoms with Gasteiger partial charge in [-0.25, -0.2) is 14.4 Å². The molecule has 0 aliphatic rings. The number of rotatable bonds is 5. The quantitative estimate of drug-likeness (QED) is 0.870. The second kappa shape index (κ2) is 6.52. The van der Waals surface area contributed by atoms with Crippen LogP contribution in [-0.4, -0.2) is 16.5 Å². The second-order valence-electron chi connectivity index (χ2n) is 4.37. The average Bonchev–Trinajstić information content (AvgIpc) is 2.40. The van der Waals surface area contributed by atoms with E-state index in [9.17, 15) is 4.39 Å². The van der Waals surface area contributed by atoms with Gasteiger partial charge in [-0.15, -0.1) is 0 Å². The zero-order valence-corrected chi connectivity index (χ0v) is 12.1. The van der Waals surface area contributed by atoms with Crippen LogP contribution in [0.3, 0.4) is 0 Å². The lowest BCUT2D eigenvalue weighted by Gasteiger charge is -2.10. The van der Waals surface area contributed by atoms with E-state index in [4.69, 9.17) is 11.6 Å². The Hall–Kier alpha value is -1.88. The third-order valence-corrected chi connectivity index (χ3v) is 2.89. The fourth-order valence-electron chi connectivity index (χ4n) is 1.70. The van der Waals surface area contributed by atoms with Crippen molar-refractivity contribution in [2.45, 2.75) is 20.3 Å². The second-order valence-corrected chi connectivity index (χ2v) is 4.77. The Morgan fingerprint density at radius 2 is 1.95 bits per heavy atom. The van der Waals surface area contributed by atoms with E-state index in [0.29, 0.717) is 17.3 Å². The molecular weight excluding hydrogens is 279 g/mol. The molecular formula is C14H16ClFN4. The Morgan fingerprint density at radius 1 is 1.20 bits per heavy atom. The molecule has 0 saturated heterocycles. The molecule has 2 aromatic rings. The van der Waals surface area contributed by atoms with Crippen LogP contribution in [0.15, 0.2) is 24.3 Å². The van der Waals surface area contributed by atoms with Crippen LogP contribution in [-0.2, 0) is 0 Å². The normalized spacial score (nSPS) is 10.4. The molecule has 106 valence electrons. The fourth-order valence-corrected chi connectivity index (χ4v) is 1.81. The molecule has 2 rings (SSSR count). The molecule has 0 fully saturated rings. The summed E-state index contributed by atoms with van der Waals surface area (Å²) in [5, 5.41) is 6.33. The van der Waals surface area contributed by atoms with E-state index in [1.165, 1.54) is 12.1 Å². The first kappa shape index (κ1) is 14.5. The molecule has 0 saturated carbocycles. The zero-order chi connectivity index (χ0) is 14.5. The Bertz CT molecular complexity index is 604. The third-order valence-electron chi connectivity index (χ3n) is 2.59. The van der Waals surface area contributed by atoms with Gasteiger partial charge in [-0.2, -0.15) is 0 Å². The van der Waals surface area contributed by atoms with Gasteiger partial charge >= 0.3 is 0 Å². The maximum Gasteiger partial charge on any atom is 0.143 e. The molecule has 1 aromatic carbocycles. The highest BCUT2D eigenvalue weighted by Gasteiger charge is 2.04. The summed E-state index contributed by atoms with van der Waals surface area (Å²) >= 11 is 5.65. The molecule has 0 radical (unpaired) electrons. The molecule has 1 aromatic heterocycles. The molecule has 0 amide bonds. The minimum atomic E-state index is -0.466. The number of halogens is 2. The lowest BCUT2D eigenvalue weighted by Crippen LogP contribution is -2.05. The first-order chi connectivity index (χ1) is 9.58. The van der Waals surface area contributed by atoms with Crippen molar-refractivity contribution in [2.75, 3.05) is 17.2 Å². The van der Waals surface area contributed by atoms with Gasteiger partial charge in [-0.1, -0.05) is 18.5 Å². The van der Waals surface area contributed by atoms with E-state index in [-0.39, 0.29) is 5.02 Å². The molecule has 0 spiro atoms. The van der Waals surface area contributed by atoms with Crippen molar-refractivity contribution in [3.63, 3.8) is 0 Å². The molecule has 0 aliphatic carbocycles. The van der Waals surface area contributed by atoms with Gasteiger partial charge in [0.1, 0.15) is 23.3 Å². The Morgan fingerprint density at radius 3 is 2.65 bits per heavy atom. The summed E-state index contributed by atoms with van der Waals surface area (Å²) in [5.41, 5.74) is 0.589. The molecule has 2 N–H and O–H groups in total. The Labute approximate surface area is 122 Å². The van der Waals surface area contributed by atoms with E-state index >= 15 is 0 Å². The van der Waals surface area contributed by atoms with Crippen LogP contribution in [0.1, 0.15) is 19.2 Å². The number of nitrogens with zero attached hydrogens (tertiary/aromatic N) is 2. The highest BCUT2D eigenvalue weighted by molar-refractivity contribution is 6.30. The predicted molar refractivity (Wildman–Crippen MR) is 80.2 cm³/mol. The minimum absolute atomic E-state index is 0.0970. The summed E-state index contributed by atoms with van der Waals surface area (Å²) in [6.45, 7) is 4.73. The van der Waals surface area contributed by atoms with Gasteiger partial charge < -0.3 is 10.6 Å². The largest absolute Gasteiger partial charge is 0.370 e. The van der Waals surface area contributed by atoms with E-state index in [2.05, 4.69) is 27.5 Å². The van der Waals surface area contributed by atoms with Gasteiger partial charge in [0.15, 0.2) is 0 Å². The maximum absolute atomic E-state index is 13.4. The number of hydrogen-bond donors (Lipinski definition) is 2. The molecule has 1 heterocycles. The summed E-state index contributed by atoms with van der Waals surface area (Å²) in [6.07, 6.45) is 1.01. The van der Waals surface area contributed by atoms with Crippen molar-refractivity contribution in [3.05, 3.63) is 40.9 Å². The third kappa shape index (κ3) is 3.81. The van der Waals surface area contributed by atoms with E-state index in [0.717, 1.165) is 18.8 Å². The van der Waals surface area contributed by atoms with Crippen LogP contribution < -0.4 is 10.6 Å². The van der Waals surface area contributed by atoms with Crippen LogP contribution in [0.25, 0.3) is 0 Å². The molecule has 0 atom stereocenters. The van der Waals surface area contributed by atoms with Crippen LogP contribution in [0.4, 0.5) is 21.7 Å². The molecule has 4 nitrogen and oxygen atoms in total. The number of aromatic nitrogens is 2. The zero-order valence-electron chi connectivity index (χ0n) is 11.4. The standard InChI is InChI=1S/C14H16ClFN4/c1-3-6-17-13-8-14(19-9(2)18-13)20-10-4-5-11(15)12(16)7-10/h4-5,7-8H,3,6H2,1-2H3,(H2,17,18,19,20). The molecule has 0 unspecified atom stereocenters. The van der Waals surface area contributed by atoms with Gasteiger partial charge in [-0.05, 0) is 31.5 Å².